The molecule has 1 aliphatic carbocycles. The monoisotopic (exact) mass is 636 g/mol. The van der Waals surface area contributed by atoms with Crippen molar-refractivity contribution in [2.45, 2.75) is 32.5 Å². The van der Waals surface area contributed by atoms with E-state index >= 15 is 0 Å². The maximum absolute atomic E-state index is 12.2. The van der Waals surface area contributed by atoms with Crippen LogP contribution in [0.15, 0.2) is 47.8 Å². The van der Waals surface area contributed by atoms with E-state index in [0.717, 1.165) is 11.3 Å². The molecule has 3 aromatic carbocycles. The molecule has 45 heavy (non-hydrogen) atoms. The Morgan fingerprint density at radius 3 is 2.42 bits per heavy atom. The van der Waals surface area contributed by atoms with Gasteiger partial charge in [-0.15, -0.1) is 5.10 Å². The molecule has 2 heterocycles. The molecule has 6 rings (SSSR count). The third kappa shape index (κ3) is 5.23. The second-order valence-electron chi connectivity index (χ2n) is 10.8. The molecule has 4 aromatic rings. The Kier molecular flexibility index (Phi) is 8.10. The molecule has 236 valence electrons. The highest BCUT2D eigenvalue weighted by atomic mass is 35.5. The summed E-state index contributed by atoms with van der Waals surface area (Å²) in [5.74, 6) is 2.23. The van der Waals surface area contributed by atoms with E-state index in [9.17, 15) is 5.11 Å². The number of hydrogen-bond donors (Lipinski definition) is 1. The number of nitrogens with zero attached hydrogens (tertiary/aromatic N) is 4. The van der Waals surface area contributed by atoms with Crippen LogP contribution in [0.5, 0.6) is 34.5 Å². The molecule has 0 bridgehead atoms. The smallest absolute Gasteiger partial charge is 0.231 e. The summed E-state index contributed by atoms with van der Waals surface area (Å²) in [5, 5.41) is 25.7. The van der Waals surface area contributed by atoms with Crippen molar-refractivity contribution in [3.8, 4) is 51.3 Å². The maximum atomic E-state index is 12.2. The first kappa shape index (κ1) is 30.4. The summed E-state index contributed by atoms with van der Waals surface area (Å²) in [7, 11) is 6.16. The number of ether oxygens (including phenoxy) is 6. The zero-order chi connectivity index (χ0) is 31.9. The summed E-state index contributed by atoms with van der Waals surface area (Å²) in [5.41, 5.74) is 2.67. The summed E-state index contributed by atoms with van der Waals surface area (Å²) >= 11 is 6.02. The van der Waals surface area contributed by atoms with E-state index in [2.05, 4.69) is 15.5 Å². The number of rotatable bonds is 8. The minimum absolute atomic E-state index is 0.0140. The van der Waals surface area contributed by atoms with Crippen molar-refractivity contribution < 1.29 is 38.4 Å². The average molecular weight is 637 g/mol. The lowest BCUT2D eigenvalue weighted by Gasteiger charge is -2.36. The fourth-order valence-corrected chi connectivity index (χ4v) is 5.83. The van der Waals surface area contributed by atoms with Gasteiger partial charge in [-0.05, 0) is 61.2 Å². The lowest BCUT2D eigenvalue weighted by molar-refractivity contribution is 0.0625. The van der Waals surface area contributed by atoms with Crippen LogP contribution >= 0.6 is 11.6 Å². The Morgan fingerprint density at radius 2 is 1.73 bits per heavy atom. The van der Waals surface area contributed by atoms with Crippen molar-refractivity contribution in [2.75, 3.05) is 35.2 Å². The molecule has 0 unspecified atom stereocenters. The molecular formula is C32H33ClN4O8. The predicted octanol–water partition coefficient (Wildman–Crippen LogP) is 5.21. The molecule has 0 saturated carbocycles. The Morgan fingerprint density at radius 1 is 1.00 bits per heavy atom. The third-order valence-corrected chi connectivity index (χ3v) is 8.46. The Bertz CT molecular complexity index is 1770. The lowest BCUT2D eigenvalue weighted by Crippen LogP contribution is -2.44. The summed E-state index contributed by atoms with van der Waals surface area (Å²) < 4.78 is 36.6. The molecule has 1 N–H and O–H groups in total. The number of hydrogen-bond acceptors (Lipinski definition) is 11. The number of aromatic nitrogens is 3. The standard InChI is InChI=1S/C32H33ClN4O8/c1-17-11-18-12-24-28(44-16-43-24)29(41-5)25(18)26-22(13-23(39-3)27(40-4)30(26)42-6)31(32(17,2)38)35-45-15-20-14-37(36-34-20)21-9-7-19(33)8-10-21/h7-10,12-14,17,38H,11,15-16H2,1-6H3/b35-31+/t17-,32+/m0/s1. The molecule has 13 heteroatoms. The van der Waals surface area contributed by atoms with Gasteiger partial charge in [-0.3, -0.25) is 0 Å². The van der Waals surface area contributed by atoms with E-state index < -0.39 is 5.60 Å². The highest BCUT2D eigenvalue weighted by molar-refractivity contribution is 6.30. The number of oxime groups is 1. The average Bonchev–Trinajstić information content (AvgIpc) is 3.71. The molecular weight excluding hydrogens is 604 g/mol. The van der Waals surface area contributed by atoms with Gasteiger partial charge in [0, 0.05) is 21.7 Å². The van der Waals surface area contributed by atoms with Crippen molar-refractivity contribution in [3.63, 3.8) is 0 Å². The zero-order valence-electron chi connectivity index (χ0n) is 25.7. The van der Waals surface area contributed by atoms with Gasteiger partial charge in [-0.25, -0.2) is 4.68 Å². The number of aliphatic hydroxyl groups is 1. The maximum Gasteiger partial charge on any atom is 0.231 e. The Hall–Kier alpha value is -4.68. The molecule has 0 amide bonds. The molecule has 0 radical (unpaired) electrons. The number of fused-ring (bicyclic) bond motifs is 4. The number of methoxy groups -OCH3 is 4. The van der Waals surface area contributed by atoms with Crippen molar-refractivity contribution >= 4 is 17.3 Å². The van der Waals surface area contributed by atoms with Gasteiger partial charge in [-0.2, -0.15) is 0 Å². The van der Waals surface area contributed by atoms with Gasteiger partial charge in [0.25, 0.3) is 0 Å². The van der Waals surface area contributed by atoms with E-state index in [1.807, 2.05) is 25.1 Å². The van der Waals surface area contributed by atoms with Crippen LogP contribution in [0.2, 0.25) is 5.02 Å². The largest absolute Gasteiger partial charge is 0.493 e. The normalized spacial score (nSPS) is 19.3. The second-order valence-corrected chi connectivity index (χ2v) is 11.3. The molecule has 2 atom stereocenters. The quantitative estimate of drug-likeness (QED) is 0.257. The van der Waals surface area contributed by atoms with Crippen molar-refractivity contribution in [1.29, 1.82) is 0 Å². The van der Waals surface area contributed by atoms with Crippen molar-refractivity contribution in [1.82, 2.24) is 15.0 Å². The molecule has 0 spiro atoms. The van der Waals surface area contributed by atoms with Crippen LogP contribution in [0.4, 0.5) is 0 Å². The topological polar surface area (TPSA) is 128 Å². The van der Waals surface area contributed by atoms with Crippen LogP contribution in [-0.4, -0.2) is 66.6 Å². The van der Waals surface area contributed by atoms with E-state index in [4.69, 9.17) is 44.9 Å². The molecule has 1 aliphatic heterocycles. The third-order valence-electron chi connectivity index (χ3n) is 8.21. The van der Waals surface area contributed by atoms with Gasteiger partial charge in [0.15, 0.2) is 29.6 Å². The van der Waals surface area contributed by atoms with Crippen molar-refractivity contribution in [2.24, 2.45) is 11.1 Å². The lowest BCUT2D eigenvalue weighted by atomic mass is 9.73. The number of halogens is 1. The fraction of sp³-hybridized carbons (Fsp3) is 0.344. The minimum atomic E-state index is -1.48. The highest BCUT2D eigenvalue weighted by Crippen LogP contribution is 2.57. The van der Waals surface area contributed by atoms with Gasteiger partial charge in [0.2, 0.25) is 18.3 Å². The Balaban J connectivity index is 1.51. The second kappa shape index (κ2) is 12.0. The highest BCUT2D eigenvalue weighted by Gasteiger charge is 2.43. The van der Waals surface area contributed by atoms with Gasteiger partial charge in [-0.1, -0.05) is 28.9 Å². The number of benzene rings is 3. The first-order valence-electron chi connectivity index (χ1n) is 14.1. The van der Waals surface area contributed by atoms with E-state index in [1.165, 1.54) is 21.3 Å². The predicted molar refractivity (Wildman–Crippen MR) is 165 cm³/mol. The fourth-order valence-electron chi connectivity index (χ4n) is 5.71. The molecule has 2 aliphatic rings. The first-order valence-corrected chi connectivity index (χ1v) is 14.5. The van der Waals surface area contributed by atoms with E-state index in [0.29, 0.717) is 68.3 Å². The van der Waals surface area contributed by atoms with Gasteiger partial charge >= 0.3 is 0 Å². The van der Waals surface area contributed by atoms with Crippen LogP contribution in [0.3, 0.4) is 0 Å². The molecule has 12 nitrogen and oxygen atoms in total. The van der Waals surface area contributed by atoms with E-state index in [1.54, 1.807) is 43.1 Å². The summed E-state index contributed by atoms with van der Waals surface area (Å²) in [4.78, 5) is 5.89. The molecule has 0 fully saturated rings. The zero-order valence-corrected chi connectivity index (χ0v) is 26.5. The van der Waals surface area contributed by atoms with Crippen LogP contribution < -0.4 is 28.4 Å². The summed E-state index contributed by atoms with van der Waals surface area (Å²) in [6.07, 6.45) is 2.16. The Labute approximate surface area is 265 Å². The molecule has 0 saturated heterocycles. The van der Waals surface area contributed by atoms with Gasteiger partial charge in [0.05, 0.1) is 40.3 Å². The van der Waals surface area contributed by atoms with E-state index in [-0.39, 0.29) is 25.0 Å². The van der Waals surface area contributed by atoms with Crippen molar-refractivity contribution in [3.05, 3.63) is 64.4 Å². The molecule has 1 aromatic heterocycles. The SMILES string of the molecule is COc1cc2c(c(OC)c1OC)-c1c(cc3c(c1OC)OCO3)C[C@H](C)[C@@](C)(O)/C2=N/OCc1cn(-c2ccc(Cl)cc2)nn1. The van der Waals surface area contributed by atoms with Crippen LogP contribution in [0.25, 0.3) is 16.8 Å². The first-order chi connectivity index (χ1) is 21.7. The van der Waals surface area contributed by atoms with Crippen LogP contribution in [-0.2, 0) is 17.9 Å². The van der Waals surface area contributed by atoms with Gasteiger partial charge in [0.1, 0.15) is 17.0 Å². The minimum Gasteiger partial charge on any atom is -0.493 e. The van der Waals surface area contributed by atoms with Crippen LogP contribution in [0.1, 0.15) is 30.7 Å². The summed E-state index contributed by atoms with van der Waals surface area (Å²) in [6, 6.07) is 10.9. The van der Waals surface area contributed by atoms with Gasteiger partial charge < -0.3 is 38.4 Å². The van der Waals surface area contributed by atoms with Crippen LogP contribution in [0, 0.1) is 5.92 Å². The summed E-state index contributed by atoms with van der Waals surface area (Å²) in [6.45, 7) is 3.69.